The van der Waals surface area contributed by atoms with Crippen LogP contribution in [0.25, 0.3) is 0 Å². The van der Waals surface area contributed by atoms with Gasteiger partial charge in [0.2, 0.25) is 12.1 Å². The highest BCUT2D eigenvalue weighted by Gasteiger charge is 2.55. The third kappa shape index (κ3) is 8.26. The van der Waals surface area contributed by atoms with Crippen molar-refractivity contribution in [2.75, 3.05) is 33.9 Å². The molecule has 1 aliphatic carbocycles. The van der Waals surface area contributed by atoms with Gasteiger partial charge in [0.25, 0.3) is 0 Å². The average molecular weight is 806 g/mol. The third-order valence-corrected chi connectivity index (χ3v) is 10.9. The molecule has 1 fully saturated rings. The number of hydrogen-bond acceptors (Lipinski definition) is 16. The maximum atomic E-state index is 14.7. The largest absolute Gasteiger partial charge is 0.507 e. The maximum Gasteiger partial charge on any atom is 0.229 e. The Hall–Kier alpha value is -5.47. The molecule has 2 aromatic carbocycles. The molecule has 7 atom stereocenters. The van der Waals surface area contributed by atoms with E-state index < -0.39 is 60.2 Å². The van der Waals surface area contributed by atoms with E-state index >= 15 is 0 Å². The number of methoxy groups -OCH3 is 1. The van der Waals surface area contributed by atoms with Gasteiger partial charge in [0.1, 0.15) is 41.2 Å². The van der Waals surface area contributed by atoms with E-state index in [0.717, 1.165) is 11.1 Å². The summed E-state index contributed by atoms with van der Waals surface area (Å²) in [5.41, 5.74) is 17.1. The van der Waals surface area contributed by atoms with Gasteiger partial charge in [-0.15, -0.1) is 0 Å². The summed E-state index contributed by atoms with van der Waals surface area (Å²) < 4.78 is 17.4. The molecule has 0 amide bonds. The Bertz CT molecular complexity index is 2080. The number of rotatable bonds is 14. The number of aliphatic hydroxyl groups excluding tert-OH is 4. The molecule has 312 valence electrons. The van der Waals surface area contributed by atoms with Crippen LogP contribution in [0.3, 0.4) is 0 Å². The smallest absolute Gasteiger partial charge is 0.229 e. The fourth-order valence-corrected chi connectivity index (χ4v) is 7.71. The fraction of sp³-hybridized carbons (Fsp3) is 0.425. The van der Waals surface area contributed by atoms with Gasteiger partial charge in [-0.2, -0.15) is 0 Å². The highest BCUT2D eigenvalue weighted by atomic mass is 16.7. The summed E-state index contributed by atoms with van der Waals surface area (Å²) in [6.45, 7) is -0.665. The van der Waals surface area contributed by atoms with Gasteiger partial charge in [-0.3, -0.25) is 14.6 Å². The van der Waals surface area contributed by atoms with Crippen molar-refractivity contribution in [2.45, 2.75) is 74.5 Å². The lowest BCUT2D eigenvalue weighted by Crippen LogP contribution is -2.67. The van der Waals surface area contributed by atoms with Crippen molar-refractivity contribution in [3.05, 3.63) is 99.1 Å². The van der Waals surface area contributed by atoms with E-state index in [1.165, 1.54) is 32.4 Å². The quantitative estimate of drug-likeness (QED) is 0.0691. The molecule has 6 rings (SSSR count). The summed E-state index contributed by atoms with van der Waals surface area (Å²) in [4.78, 5) is 33.1. The molecule has 0 aromatic heterocycles. The molecule has 4 aliphatic rings. The van der Waals surface area contributed by atoms with Gasteiger partial charge in [0.05, 0.1) is 42.9 Å². The molecule has 58 heavy (non-hydrogen) atoms. The number of nitrogens with zero attached hydrogens (tertiary/aromatic N) is 1. The van der Waals surface area contributed by atoms with E-state index in [1.54, 1.807) is 18.4 Å². The standard InChI is InChI=1S/C40H51N7O11/c1-44-39(43)47-25(9-12-48)30-21(5-3-20-4-6-28(41)46-17-20)14-23-32(34(30)51)35(52)31-24(33(23)50)15-22(56-2)16-26(31)57-38-36(53)37(54)40(55,27(18-49)58-38)10-7-19-8-11-45-29(42)13-19/h4,6,8,13-17,25,27-28,36-38,45-46,48-49,51,53-55H,3,5,7,9-12,18,41-42H2,1-2H3,(H3,43,44,47). The number of aliphatic hydroxyl groups is 5. The predicted octanol–water partition coefficient (Wildman–Crippen LogP) is -0.947. The topological polar surface area (TPSA) is 310 Å². The molecule has 0 spiro atoms. The van der Waals surface area contributed by atoms with Gasteiger partial charge in [-0.05, 0) is 73.1 Å². The molecule has 0 radical (unpaired) electrons. The number of phenols is 1. The first-order valence-corrected chi connectivity index (χ1v) is 18.8. The maximum absolute atomic E-state index is 14.7. The normalized spacial score (nSPS) is 26.0. The van der Waals surface area contributed by atoms with Crippen molar-refractivity contribution in [2.24, 2.45) is 22.2 Å². The molecule has 3 heterocycles. The Morgan fingerprint density at radius 1 is 1.10 bits per heavy atom. The summed E-state index contributed by atoms with van der Waals surface area (Å²) in [6, 6.07) is 3.30. The van der Waals surface area contributed by atoms with Crippen LogP contribution in [0.2, 0.25) is 0 Å². The van der Waals surface area contributed by atoms with Crippen LogP contribution in [0.4, 0.5) is 0 Å². The molecular formula is C40H51N7O11. The summed E-state index contributed by atoms with van der Waals surface area (Å²) in [6.07, 6.45) is 2.36. The Kier molecular flexibility index (Phi) is 12.8. The van der Waals surface area contributed by atoms with Gasteiger partial charge >= 0.3 is 0 Å². The van der Waals surface area contributed by atoms with Crippen molar-refractivity contribution in [3.63, 3.8) is 0 Å². The number of carbonyl (C=O) groups is 2. The zero-order chi connectivity index (χ0) is 41.9. The molecule has 18 heteroatoms. The van der Waals surface area contributed by atoms with E-state index in [0.29, 0.717) is 24.4 Å². The van der Waals surface area contributed by atoms with E-state index in [-0.39, 0.29) is 83.7 Å². The predicted molar refractivity (Wildman–Crippen MR) is 211 cm³/mol. The van der Waals surface area contributed by atoms with Crippen molar-refractivity contribution >= 4 is 17.5 Å². The Morgan fingerprint density at radius 2 is 1.86 bits per heavy atom. The van der Waals surface area contributed by atoms with Crippen LogP contribution in [0, 0.1) is 0 Å². The number of allylic oxidation sites excluding steroid dienone is 4. The molecule has 15 N–H and O–H groups in total. The molecule has 1 saturated heterocycles. The highest BCUT2D eigenvalue weighted by molar-refractivity contribution is 6.30. The minimum absolute atomic E-state index is 0.000576. The van der Waals surface area contributed by atoms with Crippen molar-refractivity contribution in [3.8, 4) is 17.2 Å². The SMILES string of the molecule is CN=C(N)NC(CCO)c1c(CCC2=CNC(N)C=C2)cc2c(c1O)C(=O)c1c(OC3OC(CO)C(O)(CCC4=CCNC(N)=C4)C(O)C3O)cc(OC)cc1C2=O. The third-order valence-electron chi connectivity index (χ3n) is 10.9. The van der Waals surface area contributed by atoms with Crippen LogP contribution >= 0.6 is 0 Å². The number of aliphatic imine (C=N–C) groups is 1. The molecule has 0 bridgehead atoms. The monoisotopic (exact) mass is 805 g/mol. The first kappa shape index (κ1) is 42.1. The van der Waals surface area contributed by atoms with E-state index in [1.807, 2.05) is 12.2 Å². The Balaban J connectivity index is 1.38. The van der Waals surface area contributed by atoms with Crippen LogP contribution < -0.4 is 42.6 Å². The zero-order valence-electron chi connectivity index (χ0n) is 32.1. The zero-order valence-corrected chi connectivity index (χ0v) is 32.1. The molecule has 0 saturated carbocycles. The second-order valence-corrected chi connectivity index (χ2v) is 14.5. The lowest BCUT2D eigenvalue weighted by molar-refractivity contribution is -0.314. The number of dihydropyridines is 2. The molecule has 2 aromatic rings. The number of benzene rings is 2. The second kappa shape index (κ2) is 17.6. The van der Waals surface area contributed by atoms with Gasteiger partial charge in [0.15, 0.2) is 11.7 Å². The number of aryl methyl sites for hydroxylation is 1. The van der Waals surface area contributed by atoms with Gasteiger partial charge < -0.3 is 78.0 Å². The molecule has 3 aliphatic heterocycles. The number of hydrogen-bond donors (Lipinski definition) is 12. The summed E-state index contributed by atoms with van der Waals surface area (Å²) in [5.74, 6) is -1.81. The van der Waals surface area contributed by atoms with Crippen LogP contribution in [0.5, 0.6) is 17.2 Å². The first-order chi connectivity index (χ1) is 27.7. The summed E-state index contributed by atoms with van der Waals surface area (Å²) in [5, 5.41) is 75.7. The van der Waals surface area contributed by atoms with Crippen LogP contribution in [-0.2, 0) is 11.2 Å². The summed E-state index contributed by atoms with van der Waals surface area (Å²) >= 11 is 0. The lowest BCUT2D eigenvalue weighted by Gasteiger charge is -2.48. The van der Waals surface area contributed by atoms with Crippen molar-refractivity contribution in [1.29, 1.82) is 0 Å². The number of carbonyl (C=O) groups excluding carboxylic acids is 2. The Morgan fingerprint density at radius 3 is 2.52 bits per heavy atom. The van der Waals surface area contributed by atoms with Crippen molar-refractivity contribution < 1.29 is 54.4 Å². The van der Waals surface area contributed by atoms with Crippen LogP contribution in [0.1, 0.15) is 74.7 Å². The highest BCUT2D eigenvalue weighted by Crippen LogP contribution is 2.45. The minimum atomic E-state index is -2.14. The minimum Gasteiger partial charge on any atom is -0.507 e. The number of ketones is 2. The van der Waals surface area contributed by atoms with E-state index in [2.05, 4.69) is 20.9 Å². The van der Waals surface area contributed by atoms with Gasteiger partial charge in [-0.1, -0.05) is 12.2 Å². The fourth-order valence-electron chi connectivity index (χ4n) is 7.71. The molecule has 18 nitrogen and oxygen atoms in total. The molecular weight excluding hydrogens is 754 g/mol. The first-order valence-electron chi connectivity index (χ1n) is 18.8. The van der Waals surface area contributed by atoms with E-state index in [4.69, 9.17) is 31.4 Å². The van der Waals surface area contributed by atoms with Gasteiger partial charge in [0, 0.05) is 49.2 Å². The van der Waals surface area contributed by atoms with Crippen LogP contribution in [0.15, 0.2) is 70.7 Å². The number of aromatic hydroxyl groups is 1. The lowest BCUT2D eigenvalue weighted by atomic mass is 9.78. The number of phenolic OH excluding ortho intramolecular Hbond substituents is 1. The summed E-state index contributed by atoms with van der Waals surface area (Å²) in [7, 11) is 2.79. The number of ether oxygens (including phenoxy) is 3. The Labute approximate surface area is 334 Å². The average Bonchev–Trinajstić information content (AvgIpc) is 3.21. The van der Waals surface area contributed by atoms with Crippen LogP contribution in [-0.4, -0.2) is 118 Å². The number of nitrogens with two attached hydrogens (primary N) is 3. The van der Waals surface area contributed by atoms with E-state index in [9.17, 15) is 40.2 Å². The second-order valence-electron chi connectivity index (χ2n) is 14.5. The number of nitrogens with one attached hydrogen (secondary N) is 3. The number of guanidine groups is 1. The number of fused-ring (bicyclic) bond motifs is 2. The van der Waals surface area contributed by atoms with Crippen molar-refractivity contribution in [1.82, 2.24) is 16.0 Å². The van der Waals surface area contributed by atoms with Gasteiger partial charge in [-0.25, -0.2) is 0 Å². The molecule has 7 unspecified atom stereocenters.